The van der Waals surface area contributed by atoms with Crippen LogP contribution in [0.1, 0.15) is 0 Å². The van der Waals surface area contributed by atoms with Crippen LogP contribution in [0, 0.1) is 0 Å². The zero-order chi connectivity index (χ0) is 42.0. The third-order valence-electron chi connectivity index (χ3n) is 12.3. The lowest BCUT2D eigenvalue weighted by Gasteiger charge is -2.29. The summed E-state index contributed by atoms with van der Waals surface area (Å²) >= 11 is 0. The lowest BCUT2D eigenvalue weighted by atomic mass is 9.85. The highest BCUT2D eigenvalue weighted by atomic mass is 15.1. The molecular formula is C62H43N. The van der Waals surface area contributed by atoms with Crippen LogP contribution in [0.2, 0.25) is 0 Å². The molecule has 1 nitrogen and oxygen atoms in total. The summed E-state index contributed by atoms with van der Waals surface area (Å²) in [6, 6.07) is 94.8. The van der Waals surface area contributed by atoms with Crippen molar-refractivity contribution in [1.82, 2.24) is 0 Å². The molecule has 0 bridgehead atoms. The molecule has 0 spiro atoms. The summed E-state index contributed by atoms with van der Waals surface area (Å²) in [6.07, 6.45) is 0. The minimum Gasteiger partial charge on any atom is -0.310 e. The predicted molar refractivity (Wildman–Crippen MR) is 269 cm³/mol. The minimum atomic E-state index is 1.07. The van der Waals surface area contributed by atoms with E-state index in [0.29, 0.717) is 0 Å². The molecule has 0 atom stereocenters. The second kappa shape index (κ2) is 16.7. The number of nitrogens with zero attached hydrogens (tertiary/aromatic N) is 1. The van der Waals surface area contributed by atoms with E-state index in [9.17, 15) is 0 Å². The zero-order valence-corrected chi connectivity index (χ0v) is 34.8. The predicted octanol–water partition coefficient (Wildman–Crippen LogP) is 17.5. The summed E-state index contributed by atoms with van der Waals surface area (Å²) in [4.78, 5) is 2.45. The first-order valence-electron chi connectivity index (χ1n) is 21.7. The molecule has 0 aliphatic rings. The Morgan fingerprint density at radius 1 is 0.190 bits per heavy atom. The number of hydrogen-bond donors (Lipinski definition) is 0. The largest absolute Gasteiger partial charge is 0.310 e. The Kier molecular flexibility index (Phi) is 9.97. The molecule has 0 aliphatic heterocycles. The molecule has 11 aromatic carbocycles. The van der Waals surface area contributed by atoms with Crippen LogP contribution in [-0.4, -0.2) is 0 Å². The topological polar surface area (TPSA) is 3.24 Å². The van der Waals surface area contributed by atoms with Crippen LogP contribution in [-0.2, 0) is 0 Å². The highest BCUT2D eigenvalue weighted by Crippen LogP contribution is 2.48. The number of hydrogen-bond acceptors (Lipinski definition) is 1. The van der Waals surface area contributed by atoms with E-state index in [2.05, 4.69) is 266 Å². The summed E-state index contributed by atoms with van der Waals surface area (Å²) in [5.41, 5.74) is 17.5. The van der Waals surface area contributed by atoms with Crippen LogP contribution in [0.5, 0.6) is 0 Å². The van der Waals surface area contributed by atoms with Gasteiger partial charge in [-0.1, -0.05) is 224 Å². The standard InChI is InChI=1S/C62H43N/c1-7-21-44(22-8-1)53-38-35-50(41-58(53)46-25-11-3-12-26-46)63(51-36-39-54(45-23-9-2-10-24-45)59(42-51)47-27-13-4-14-28-47)52-37-40-56-55-33-19-20-34-57(55)61(48-29-15-5-16-30-48)62(60(56)43-52)49-31-17-6-18-32-49/h1-43H. The molecule has 0 aliphatic carbocycles. The molecule has 0 aromatic heterocycles. The van der Waals surface area contributed by atoms with Crippen molar-refractivity contribution in [3.8, 4) is 66.8 Å². The first kappa shape index (κ1) is 37.7. The lowest BCUT2D eigenvalue weighted by molar-refractivity contribution is 1.29. The van der Waals surface area contributed by atoms with Gasteiger partial charge in [-0.3, -0.25) is 0 Å². The molecular weight excluding hydrogens is 759 g/mol. The van der Waals surface area contributed by atoms with Crippen LogP contribution in [0.3, 0.4) is 0 Å². The van der Waals surface area contributed by atoms with E-state index in [1.165, 1.54) is 88.3 Å². The number of rotatable bonds is 9. The third kappa shape index (κ3) is 7.16. The van der Waals surface area contributed by atoms with E-state index in [0.717, 1.165) is 17.1 Å². The fraction of sp³-hybridized carbons (Fsp3) is 0. The summed E-state index contributed by atoms with van der Waals surface area (Å²) < 4.78 is 0. The molecule has 11 rings (SSSR count). The van der Waals surface area contributed by atoms with Crippen molar-refractivity contribution < 1.29 is 0 Å². The molecule has 0 saturated heterocycles. The van der Waals surface area contributed by atoms with E-state index in [1.54, 1.807) is 0 Å². The summed E-state index contributed by atoms with van der Waals surface area (Å²) in [5.74, 6) is 0. The van der Waals surface area contributed by atoms with Crippen LogP contribution >= 0.6 is 0 Å². The van der Waals surface area contributed by atoms with Crippen molar-refractivity contribution >= 4 is 38.6 Å². The van der Waals surface area contributed by atoms with Gasteiger partial charge in [0, 0.05) is 17.1 Å². The fourth-order valence-electron chi connectivity index (χ4n) is 9.37. The van der Waals surface area contributed by atoms with Crippen molar-refractivity contribution in [2.24, 2.45) is 0 Å². The Labute approximate surface area is 369 Å². The first-order chi connectivity index (χ1) is 31.3. The van der Waals surface area contributed by atoms with Crippen LogP contribution in [0.15, 0.2) is 261 Å². The van der Waals surface area contributed by atoms with E-state index in [4.69, 9.17) is 0 Å². The molecule has 0 amide bonds. The highest BCUT2D eigenvalue weighted by Gasteiger charge is 2.22. The van der Waals surface area contributed by atoms with E-state index >= 15 is 0 Å². The molecule has 296 valence electrons. The summed E-state index contributed by atoms with van der Waals surface area (Å²) in [7, 11) is 0. The number of benzene rings is 11. The van der Waals surface area contributed by atoms with E-state index in [-0.39, 0.29) is 0 Å². The quantitative estimate of drug-likeness (QED) is 0.131. The smallest absolute Gasteiger partial charge is 0.0468 e. The molecule has 0 fully saturated rings. The van der Waals surface area contributed by atoms with Crippen LogP contribution in [0.25, 0.3) is 88.3 Å². The van der Waals surface area contributed by atoms with Crippen molar-refractivity contribution in [3.05, 3.63) is 261 Å². The average molecular weight is 802 g/mol. The second-order valence-corrected chi connectivity index (χ2v) is 16.0. The molecule has 0 radical (unpaired) electrons. The van der Waals surface area contributed by atoms with Gasteiger partial charge in [0.15, 0.2) is 0 Å². The minimum absolute atomic E-state index is 1.07. The van der Waals surface area contributed by atoms with Gasteiger partial charge in [0.05, 0.1) is 0 Å². The Morgan fingerprint density at radius 3 is 0.921 bits per heavy atom. The van der Waals surface area contributed by atoms with Crippen molar-refractivity contribution in [3.63, 3.8) is 0 Å². The molecule has 1 heteroatoms. The Bertz CT molecular complexity index is 3220. The van der Waals surface area contributed by atoms with Gasteiger partial charge in [0.1, 0.15) is 0 Å². The third-order valence-corrected chi connectivity index (χ3v) is 12.3. The van der Waals surface area contributed by atoms with Gasteiger partial charge in [-0.2, -0.15) is 0 Å². The fourth-order valence-corrected chi connectivity index (χ4v) is 9.37. The molecule has 0 heterocycles. The summed E-state index contributed by atoms with van der Waals surface area (Å²) in [5, 5.41) is 4.91. The Balaban J connectivity index is 1.22. The van der Waals surface area contributed by atoms with E-state index < -0.39 is 0 Å². The van der Waals surface area contributed by atoms with Crippen molar-refractivity contribution in [2.45, 2.75) is 0 Å². The van der Waals surface area contributed by atoms with Gasteiger partial charge in [0.2, 0.25) is 0 Å². The highest BCUT2D eigenvalue weighted by molar-refractivity contribution is 6.22. The van der Waals surface area contributed by atoms with E-state index in [1.807, 2.05) is 0 Å². The van der Waals surface area contributed by atoms with Crippen molar-refractivity contribution in [2.75, 3.05) is 4.90 Å². The Morgan fingerprint density at radius 2 is 0.492 bits per heavy atom. The van der Waals surface area contributed by atoms with Gasteiger partial charge < -0.3 is 4.90 Å². The first-order valence-corrected chi connectivity index (χ1v) is 21.7. The maximum atomic E-state index is 2.45. The number of anilines is 3. The van der Waals surface area contributed by atoms with Gasteiger partial charge in [-0.05, 0) is 125 Å². The monoisotopic (exact) mass is 801 g/mol. The molecule has 0 unspecified atom stereocenters. The molecule has 63 heavy (non-hydrogen) atoms. The molecule has 0 saturated carbocycles. The van der Waals surface area contributed by atoms with Gasteiger partial charge in [-0.25, -0.2) is 0 Å². The lowest BCUT2D eigenvalue weighted by Crippen LogP contribution is -2.11. The van der Waals surface area contributed by atoms with Gasteiger partial charge in [0.25, 0.3) is 0 Å². The molecule has 11 aromatic rings. The second-order valence-electron chi connectivity index (χ2n) is 16.0. The Hall–Kier alpha value is -8.26. The normalized spacial score (nSPS) is 11.2. The van der Waals surface area contributed by atoms with Crippen LogP contribution < -0.4 is 4.90 Å². The SMILES string of the molecule is c1ccc(-c2ccc(N(c3ccc(-c4ccccc4)c(-c4ccccc4)c3)c3ccc4c(c3)c(-c3ccccc3)c(-c3ccccc3)c3ccccc34)cc2-c2ccccc2)cc1. The maximum absolute atomic E-state index is 2.45. The maximum Gasteiger partial charge on any atom is 0.0468 e. The number of fused-ring (bicyclic) bond motifs is 3. The summed E-state index contributed by atoms with van der Waals surface area (Å²) in [6.45, 7) is 0. The van der Waals surface area contributed by atoms with Gasteiger partial charge in [-0.15, -0.1) is 0 Å². The van der Waals surface area contributed by atoms with Crippen molar-refractivity contribution in [1.29, 1.82) is 0 Å². The zero-order valence-electron chi connectivity index (χ0n) is 34.8. The molecule has 0 N–H and O–H groups in total. The van der Waals surface area contributed by atoms with Gasteiger partial charge >= 0.3 is 0 Å². The van der Waals surface area contributed by atoms with Crippen LogP contribution in [0.4, 0.5) is 17.1 Å². The average Bonchev–Trinajstić information content (AvgIpc) is 3.37.